The van der Waals surface area contributed by atoms with Crippen LogP contribution in [-0.2, 0) is 15.8 Å². The van der Waals surface area contributed by atoms with Gasteiger partial charge in [0.05, 0.1) is 11.3 Å². The zero-order valence-corrected chi connectivity index (χ0v) is 17.6. The van der Waals surface area contributed by atoms with Crippen LogP contribution in [0, 0.1) is 0 Å². The Balaban J connectivity index is 1.61. The molecular weight excluding hydrogens is 453 g/mol. The molecule has 2 amide bonds. The summed E-state index contributed by atoms with van der Waals surface area (Å²) in [5.41, 5.74) is -0.808. The van der Waals surface area contributed by atoms with Gasteiger partial charge in [0, 0.05) is 0 Å². The van der Waals surface area contributed by atoms with Gasteiger partial charge in [-0.2, -0.15) is 13.2 Å². The Kier molecular flexibility index (Phi) is 5.97. The third-order valence-corrected chi connectivity index (χ3v) is 4.99. The van der Waals surface area contributed by atoms with Crippen molar-refractivity contribution in [2.24, 2.45) is 0 Å². The number of amides is 2. The van der Waals surface area contributed by atoms with Crippen molar-refractivity contribution in [3.05, 3.63) is 95.6 Å². The van der Waals surface area contributed by atoms with Crippen molar-refractivity contribution in [1.82, 2.24) is 5.32 Å². The molecule has 0 aromatic heterocycles. The molecule has 1 aliphatic heterocycles. The molecule has 3 aromatic rings. The quantitative estimate of drug-likeness (QED) is 0.320. The van der Waals surface area contributed by atoms with Crippen molar-refractivity contribution in [2.75, 3.05) is 4.90 Å². The fourth-order valence-electron chi connectivity index (χ4n) is 3.15. The number of nitrogens with one attached hydrogen (secondary N) is 1. The molecule has 1 N–H and O–H groups in total. The Morgan fingerprint density at radius 1 is 0.879 bits per heavy atom. The number of carbonyl (C=O) groups is 2. The third kappa shape index (κ3) is 4.93. The van der Waals surface area contributed by atoms with Crippen LogP contribution in [0.15, 0.2) is 84.4 Å². The summed E-state index contributed by atoms with van der Waals surface area (Å²) in [6.45, 7) is 0. The standard InChI is InChI=1S/C24H15F3N2O3S/c25-24(26,27)16-6-4-5-15(13-16)14-20-21(30)28-23(33)29(22(20)31)17-9-11-19(12-10-17)32-18-7-2-1-3-8-18/h1-14H,(H,28,30,33). The minimum Gasteiger partial charge on any atom is -0.457 e. The number of benzene rings is 3. The Labute approximate surface area is 192 Å². The predicted molar refractivity (Wildman–Crippen MR) is 121 cm³/mol. The second-order valence-corrected chi connectivity index (χ2v) is 7.38. The maximum absolute atomic E-state index is 13.1. The first-order valence-corrected chi connectivity index (χ1v) is 10.0. The highest BCUT2D eigenvalue weighted by atomic mass is 32.1. The molecule has 0 spiro atoms. The first kappa shape index (κ1) is 22.2. The zero-order chi connectivity index (χ0) is 23.6. The Hall–Kier alpha value is -3.98. The first-order valence-electron chi connectivity index (χ1n) is 9.64. The summed E-state index contributed by atoms with van der Waals surface area (Å²) in [6, 6.07) is 19.9. The van der Waals surface area contributed by atoms with E-state index in [0.717, 1.165) is 23.1 Å². The summed E-state index contributed by atoms with van der Waals surface area (Å²) in [7, 11) is 0. The van der Waals surface area contributed by atoms with E-state index in [1.807, 2.05) is 18.2 Å². The molecule has 33 heavy (non-hydrogen) atoms. The van der Waals surface area contributed by atoms with E-state index in [0.29, 0.717) is 17.2 Å². The lowest BCUT2D eigenvalue weighted by molar-refractivity contribution is -0.137. The fraction of sp³-hybridized carbons (Fsp3) is 0.0417. The van der Waals surface area contributed by atoms with Crippen molar-refractivity contribution < 1.29 is 27.5 Å². The highest BCUT2D eigenvalue weighted by molar-refractivity contribution is 7.80. The van der Waals surface area contributed by atoms with Gasteiger partial charge in [0.2, 0.25) is 0 Å². The Morgan fingerprint density at radius 3 is 2.21 bits per heavy atom. The Bertz CT molecular complexity index is 1260. The molecule has 0 saturated carbocycles. The average molecular weight is 468 g/mol. The van der Waals surface area contributed by atoms with E-state index in [2.05, 4.69) is 5.32 Å². The van der Waals surface area contributed by atoms with Crippen molar-refractivity contribution in [2.45, 2.75) is 6.18 Å². The van der Waals surface area contributed by atoms with E-state index < -0.39 is 23.6 Å². The molecule has 3 aromatic carbocycles. The van der Waals surface area contributed by atoms with Crippen molar-refractivity contribution in [3.8, 4) is 11.5 Å². The van der Waals surface area contributed by atoms with Gasteiger partial charge in [0.25, 0.3) is 11.8 Å². The lowest BCUT2D eigenvalue weighted by Crippen LogP contribution is -2.54. The van der Waals surface area contributed by atoms with Gasteiger partial charge >= 0.3 is 6.18 Å². The van der Waals surface area contributed by atoms with Crippen LogP contribution in [0.2, 0.25) is 0 Å². The van der Waals surface area contributed by atoms with Gasteiger partial charge in [0.1, 0.15) is 17.1 Å². The smallest absolute Gasteiger partial charge is 0.416 e. The van der Waals surface area contributed by atoms with Gasteiger partial charge in [-0.3, -0.25) is 19.8 Å². The molecule has 4 rings (SSSR count). The molecule has 0 aliphatic carbocycles. The topological polar surface area (TPSA) is 58.6 Å². The minimum atomic E-state index is -4.55. The molecule has 5 nitrogen and oxygen atoms in total. The molecule has 0 radical (unpaired) electrons. The lowest BCUT2D eigenvalue weighted by Gasteiger charge is -2.29. The third-order valence-electron chi connectivity index (χ3n) is 4.70. The van der Waals surface area contributed by atoms with Crippen LogP contribution in [0.1, 0.15) is 11.1 Å². The second kappa shape index (κ2) is 8.87. The number of ether oxygens (including phenoxy) is 1. The fourth-order valence-corrected chi connectivity index (χ4v) is 3.43. The van der Waals surface area contributed by atoms with E-state index in [1.54, 1.807) is 36.4 Å². The molecule has 166 valence electrons. The summed E-state index contributed by atoms with van der Waals surface area (Å²) >= 11 is 5.15. The monoisotopic (exact) mass is 468 g/mol. The molecule has 0 unspecified atom stereocenters. The summed E-state index contributed by atoms with van der Waals surface area (Å²) in [4.78, 5) is 26.5. The van der Waals surface area contributed by atoms with Gasteiger partial charge in [0.15, 0.2) is 5.11 Å². The van der Waals surface area contributed by atoms with Crippen molar-refractivity contribution >= 4 is 40.9 Å². The normalized spacial score (nSPS) is 15.5. The highest BCUT2D eigenvalue weighted by Gasteiger charge is 2.35. The molecule has 1 aliphatic rings. The summed E-state index contributed by atoms with van der Waals surface area (Å²) in [5.74, 6) is -0.391. The molecular formula is C24H15F3N2O3S. The van der Waals surface area contributed by atoms with Crippen LogP contribution in [0.4, 0.5) is 18.9 Å². The number of carbonyl (C=O) groups excluding carboxylic acids is 2. The van der Waals surface area contributed by atoms with Crippen LogP contribution in [0.25, 0.3) is 6.08 Å². The van der Waals surface area contributed by atoms with Crippen LogP contribution in [0.5, 0.6) is 11.5 Å². The van der Waals surface area contributed by atoms with E-state index in [4.69, 9.17) is 17.0 Å². The minimum absolute atomic E-state index is 0.0581. The number of thiocarbonyl (C=S) groups is 1. The highest BCUT2D eigenvalue weighted by Crippen LogP contribution is 2.31. The van der Waals surface area contributed by atoms with Gasteiger partial charge < -0.3 is 4.74 Å². The molecule has 0 bridgehead atoms. The first-order chi connectivity index (χ1) is 15.7. The zero-order valence-electron chi connectivity index (χ0n) is 16.8. The van der Waals surface area contributed by atoms with Crippen molar-refractivity contribution in [1.29, 1.82) is 0 Å². The number of nitrogens with zero attached hydrogens (tertiary/aromatic N) is 1. The van der Waals surface area contributed by atoms with Gasteiger partial charge in [-0.25, -0.2) is 0 Å². The lowest BCUT2D eigenvalue weighted by atomic mass is 10.0. The maximum atomic E-state index is 13.1. The SMILES string of the molecule is O=C1NC(=S)N(c2ccc(Oc3ccccc3)cc2)C(=O)C1=Cc1cccc(C(F)(F)F)c1. The van der Waals surface area contributed by atoms with Gasteiger partial charge in [-0.1, -0.05) is 30.3 Å². The van der Waals surface area contributed by atoms with Crippen LogP contribution < -0.4 is 15.0 Å². The number of para-hydroxylation sites is 1. The van der Waals surface area contributed by atoms with E-state index in [-0.39, 0.29) is 16.2 Å². The van der Waals surface area contributed by atoms with Crippen LogP contribution >= 0.6 is 12.2 Å². The molecule has 1 heterocycles. The summed E-state index contributed by atoms with van der Waals surface area (Å²) in [5, 5.41) is 2.27. The number of rotatable bonds is 4. The van der Waals surface area contributed by atoms with Crippen LogP contribution in [0.3, 0.4) is 0 Å². The molecule has 9 heteroatoms. The van der Waals surface area contributed by atoms with Crippen molar-refractivity contribution in [3.63, 3.8) is 0 Å². The Morgan fingerprint density at radius 2 is 1.55 bits per heavy atom. The number of alkyl halides is 3. The number of halogens is 3. The largest absolute Gasteiger partial charge is 0.457 e. The number of anilines is 1. The van der Waals surface area contributed by atoms with Crippen LogP contribution in [-0.4, -0.2) is 16.9 Å². The molecule has 1 fully saturated rings. The van der Waals surface area contributed by atoms with Gasteiger partial charge in [-0.05, 0) is 72.4 Å². The van der Waals surface area contributed by atoms with E-state index >= 15 is 0 Å². The summed E-state index contributed by atoms with van der Waals surface area (Å²) < 4.78 is 44.7. The maximum Gasteiger partial charge on any atom is 0.416 e. The molecule has 1 saturated heterocycles. The average Bonchev–Trinajstić information content (AvgIpc) is 2.78. The number of hydrogen-bond acceptors (Lipinski definition) is 4. The second-order valence-electron chi connectivity index (χ2n) is 6.99. The molecule has 0 atom stereocenters. The number of hydrogen-bond donors (Lipinski definition) is 1. The predicted octanol–water partition coefficient (Wildman–Crippen LogP) is 5.33. The summed E-state index contributed by atoms with van der Waals surface area (Å²) in [6.07, 6.45) is -3.45. The van der Waals surface area contributed by atoms with E-state index in [9.17, 15) is 22.8 Å². The van der Waals surface area contributed by atoms with Gasteiger partial charge in [-0.15, -0.1) is 0 Å². The van der Waals surface area contributed by atoms with E-state index in [1.165, 1.54) is 12.1 Å².